The van der Waals surface area contributed by atoms with Crippen molar-refractivity contribution in [2.24, 2.45) is 0 Å². The minimum Gasteiger partial charge on any atom is -0.263 e. The molecule has 1 nitrogen and oxygen atoms in total. The van der Waals surface area contributed by atoms with Gasteiger partial charge in [-0.25, -0.2) is 0 Å². The summed E-state index contributed by atoms with van der Waals surface area (Å²) in [6.07, 6.45) is 3.76. The van der Waals surface area contributed by atoms with Crippen molar-refractivity contribution in [3.8, 4) is 11.1 Å². The number of hydrogen-bond donors (Lipinski definition) is 0. The van der Waals surface area contributed by atoms with E-state index < -0.39 is 0 Å². The molecule has 0 aromatic heterocycles. The lowest BCUT2D eigenvalue weighted by Gasteiger charge is -1.89. The fourth-order valence-corrected chi connectivity index (χ4v) is 1.46. The summed E-state index contributed by atoms with van der Waals surface area (Å²) in [6.45, 7) is 0. The van der Waals surface area contributed by atoms with E-state index in [-0.39, 0.29) is 0 Å². The maximum absolute atomic E-state index is 4.01. The molecule has 0 fully saturated rings. The van der Waals surface area contributed by atoms with Crippen molar-refractivity contribution in [1.29, 1.82) is 0 Å². The van der Waals surface area contributed by atoms with Gasteiger partial charge in [0.25, 0.3) is 0 Å². The number of hydrogen-bond acceptors (Lipinski definition) is 2. The number of nitrogens with zero attached hydrogens (tertiary/aromatic N) is 1. The summed E-state index contributed by atoms with van der Waals surface area (Å²) in [5.74, 6) is 0. The van der Waals surface area contributed by atoms with Crippen LogP contribution in [0.2, 0.25) is 0 Å². The maximum Gasteiger partial charge on any atom is 0.0355 e. The summed E-state index contributed by atoms with van der Waals surface area (Å²) in [5.41, 5.74) is 2.47. The zero-order valence-corrected chi connectivity index (χ0v) is 5.56. The molecule has 0 saturated heterocycles. The third kappa shape index (κ3) is 0.715. The number of fused-ring (bicyclic) bond motifs is 1. The molecule has 9 heavy (non-hydrogen) atoms. The van der Waals surface area contributed by atoms with Gasteiger partial charge in [0.05, 0.1) is 0 Å². The third-order valence-electron chi connectivity index (χ3n) is 1.28. The maximum atomic E-state index is 4.01. The van der Waals surface area contributed by atoms with Crippen LogP contribution in [0.4, 0.5) is 0 Å². The molecule has 44 valence electrons. The Labute approximate surface area is 57.3 Å². The van der Waals surface area contributed by atoms with Gasteiger partial charge in [-0.05, 0) is 11.4 Å². The molecule has 2 aliphatic rings. The average molecular weight is 135 g/mol. The van der Waals surface area contributed by atoms with Crippen LogP contribution in [-0.4, -0.2) is 4.98 Å². The molecular formula is C7H5NS. The molecule has 0 aromatic carbocycles. The molecule has 0 N–H and O–H groups in total. The highest BCUT2D eigenvalue weighted by molar-refractivity contribution is 7.07. The lowest BCUT2D eigenvalue weighted by Crippen LogP contribution is -1.64. The van der Waals surface area contributed by atoms with Crippen molar-refractivity contribution in [3.05, 3.63) is 29.2 Å². The summed E-state index contributed by atoms with van der Waals surface area (Å²) in [5, 5.41) is 4.16. The van der Waals surface area contributed by atoms with E-state index in [1.54, 1.807) is 11.3 Å². The fraction of sp³-hybridized carbons (Fsp3) is 0. The Morgan fingerprint density at radius 3 is 3.00 bits per heavy atom. The summed E-state index contributed by atoms with van der Waals surface area (Å²) in [6, 6.07) is 2.08. The SMILES string of the molecule is c1cc2cncc-2cs1. The number of aromatic nitrogens is 1. The first-order valence-electron chi connectivity index (χ1n) is 2.73. The summed E-state index contributed by atoms with van der Waals surface area (Å²) >= 11 is 1.70. The smallest absolute Gasteiger partial charge is 0.0355 e. The molecule has 2 heterocycles. The van der Waals surface area contributed by atoms with Gasteiger partial charge in [-0.15, -0.1) is 0 Å². The molecule has 0 spiro atoms. The number of rotatable bonds is 0. The first-order chi connectivity index (χ1) is 4.47. The second-order valence-electron chi connectivity index (χ2n) is 1.87. The van der Waals surface area contributed by atoms with E-state index in [1.165, 1.54) is 11.1 Å². The normalized spacial score (nSPS) is 10.2. The predicted octanol–water partition coefficient (Wildman–Crippen LogP) is 2.25. The fourth-order valence-electron chi connectivity index (χ4n) is 0.810. The molecule has 2 aliphatic heterocycles. The highest BCUT2D eigenvalue weighted by Gasteiger charge is 1.97. The second-order valence-corrected chi connectivity index (χ2v) is 2.65. The molecule has 0 aromatic rings. The van der Waals surface area contributed by atoms with Crippen LogP contribution in [0.15, 0.2) is 29.2 Å². The first-order valence-corrected chi connectivity index (χ1v) is 3.67. The molecule has 0 radical (unpaired) electrons. The molecule has 0 aliphatic carbocycles. The van der Waals surface area contributed by atoms with Gasteiger partial charge >= 0.3 is 0 Å². The minimum atomic E-state index is 1.23. The van der Waals surface area contributed by atoms with E-state index in [0.29, 0.717) is 0 Å². The monoisotopic (exact) mass is 135 g/mol. The first kappa shape index (κ1) is 4.94. The van der Waals surface area contributed by atoms with Crippen LogP contribution in [0.25, 0.3) is 11.1 Å². The lowest BCUT2D eigenvalue weighted by atomic mass is 10.2. The van der Waals surface area contributed by atoms with Crippen molar-refractivity contribution in [1.82, 2.24) is 4.98 Å². The molecule has 0 unspecified atom stereocenters. The molecule has 0 amide bonds. The van der Waals surface area contributed by atoms with Crippen molar-refractivity contribution in [3.63, 3.8) is 0 Å². The Kier molecular flexibility index (Phi) is 0.993. The topological polar surface area (TPSA) is 12.9 Å². The second kappa shape index (κ2) is 1.81. The van der Waals surface area contributed by atoms with Gasteiger partial charge in [0.1, 0.15) is 0 Å². The van der Waals surface area contributed by atoms with Crippen LogP contribution >= 0.6 is 11.3 Å². The van der Waals surface area contributed by atoms with Gasteiger partial charge in [-0.1, -0.05) is 0 Å². The van der Waals surface area contributed by atoms with Crippen LogP contribution in [0.1, 0.15) is 0 Å². The largest absolute Gasteiger partial charge is 0.263 e. The van der Waals surface area contributed by atoms with Crippen molar-refractivity contribution in [2.75, 3.05) is 0 Å². The van der Waals surface area contributed by atoms with E-state index in [2.05, 4.69) is 21.8 Å². The van der Waals surface area contributed by atoms with Crippen molar-refractivity contribution in [2.45, 2.75) is 0 Å². The van der Waals surface area contributed by atoms with Crippen LogP contribution in [0, 0.1) is 0 Å². The third-order valence-corrected chi connectivity index (χ3v) is 1.96. The zero-order chi connectivity index (χ0) is 6.10. The van der Waals surface area contributed by atoms with Gasteiger partial charge in [0.2, 0.25) is 0 Å². The van der Waals surface area contributed by atoms with Crippen LogP contribution in [-0.2, 0) is 0 Å². The summed E-state index contributed by atoms with van der Waals surface area (Å²) < 4.78 is 0. The minimum absolute atomic E-state index is 1.23. The highest BCUT2D eigenvalue weighted by atomic mass is 32.1. The molecule has 0 bridgehead atoms. The Hall–Kier alpha value is -0.890. The van der Waals surface area contributed by atoms with E-state index in [9.17, 15) is 0 Å². The Bertz CT molecular complexity index is 249. The van der Waals surface area contributed by atoms with Crippen LogP contribution in [0.3, 0.4) is 0 Å². The molecule has 2 heteroatoms. The highest BCUT2D eigenvalue weighted by Crippen LogP contribution is 2.21. The van der Waals surface area contributed by atoms with Gasteiger partial charge in [-0.3, -0.25) is 4.98 Å². The average Bonchev–Trinajstić information content (AvgIpc) is 2.33. The zero-order valence-electron chi connectivity index (χ0n) is 4.74. The Morgan fingerprint density at radius 1 is 1.22 bits per heavy atom. The standard InChI is InChI=1S/C7H5NS/c1-2-9-5-7-4-8-3-6(1)7/h1-5H. The van der Waals surface area contributed by atoms with E-state index >= 15 is 0 Å². The Morgan fingerprint density at radius 2 is 2.11 bits per heavy atom. The quantitative estimate of drug-likeness (QED) is 0.540. The molecule has 2 rings (SSSR count). The van der Waals surface area contributed by atoms with E-state index in [4.69, 9.17) is 0 Å². The Balaban J connectivity index is 2.79. The van der Waals surface area contributed by atoms with Crippen LogP contribution in [0.5, 0.6) is 0 Å². The van der Waals surface area contributed by atoms with Gasteiger partial charge in [0, 0.05) is 28.9 Å². The van der Waals surface area contributed by atoms with Gasteiger partial charge in [0.15, 0.2) is 0 Å². The van der Waals surface area contributed by atoms with Crippen LogP contribution < -0.4 is 0 Å². The molecule has 0 atom stereocenters. The van der Waals surface area contributed by atoms with Crippen molar-refractivity contribution >= 4 is 11.3 Å². The van der Waals surface area contributed by atoms with E-state index in [1.807, 2.05) is 12.4 Å². The van der Waals surface area contributed by atoms with Gasteiger partial charge in [-0.2, -0.15) is 11.3 Å². The van der Waals surface area contributed by atoms with Crippen molar-refractivity contribution < 1.29 is 0 Å². The summed E-state index contributed by atoms with van der Waals surface area (Å²) in [4.78, 5) is 4.01. The van der Waals surface area contributed by atoms with E-state index in [0.717, 1.165) is 0 Å². The van der Waals surface area contributed by atoms with Gasteiger partial charge < -0.3 is 0 Å². The molecule has 0 saturated carbocycles. The lowest BCUT2D eigenvalue weighted by molar-refractivity contribution is 1.42. The summed E-state index contributed by atoms with van der Waals surface area (Å²) in [7, 11) is 0. The molecular weight excluding hydrogens is 130 g/mol. The predicted molar refractivity (Wildman–Crippen MR) is 38.7 cm³/mol.